The largest absolute Gasteiger partial charge is 0.452 e. The molecule has 0 saturated carbocycles. The van der Waals surface area contributed by atoms with E-state index in [9.17, 15) is 9.59 Å². The second kappa shape index (κ2) is 6.65. The Morgan fingerprint density at radius 1 is 1.04 bits per heavy atom. The van der Waals surface area contributed by atoms with Crippen molar-refractivity contribution < 1.29 is 14.3 Å². The van der Waals surface area contributed by atoms with Gasteiger partial charge >= 0.3 is 5.97 Å². The smallest absolute Gasteiger partial charge is 0.338 e. The molecule has 2 aromatic rings. The molecule has 0 bridgehead atoms. The van der Waals surface area contributed by atoms with Gasteiger partial charge in [0, 0.05) is 13.1 Å². The lowest BCUT2D eigenvalue weighted by Gasteiger charge is -2.28. The topological polar surface area (TPSA) is 46.6 Å². The van der Waals surface area contributed by atoms with Crippen molar-refractivity contribution >= 4 is 11.9 Å². The van der Waals surface area contributed by atoms with Crippen molar-refractivity contribution in [1.29, 1.82) is 0 Å². The summed E-state index contributed by atoms with van der Waals surface area (Å²) in [5.74, 6) is -0.602. The van der Waals surface area contributed by atoms with Crippen molar-refractivity contribution in [3.63, 3.8) is 0 Å². The SMILES string of the molecule is Cc1ccccc1C(=O)OCC(=O)N1CCc2ccccc2C1. The Labute approximate surface area is 135 Å². The lowest BCUT2D eigenvalue weighted by Crippen LogP contribution is -2.38. The predicted octanol–water partition coefficient (Wildman–Crippen LogP) is 2.74. The summed E-state index contributed by atoms with van der Waals surface area (Å²) in [6.07, 6.45) is 0.841. The molecule has 2 aromatic carbocycles. The van der Waals surface area contributed by atoms with Gasteiger partial charge in [-0.05, 0) is 36.1 Å². The van der Waals surface area contributed by atoms with Gasteiger partial charge in [-0.3, -0.25) is 4.79 Å². The number of carbonyl (C=O) groups is 2. The summed E-state index contributed by atoms with van der Waals surface area (Å²) in [7, 11) is 0. The minimum Gasteiger partial charge on any atom is -0.452 e. The van der Waals surface area contributed by atoms with Gasteiger partial charge in [-0.2, -0.15) is 0 Å². The molecule has 23 heavy (non-hydrogen) atoms. The number of ether oxygens (including phenoxy) is 1. The zero-order chi connectivity index (χ0) is 16.2. The number of benzene rings is 2. The molecule has 4 heteroatoms. The summed E-state index contributed by atoms with van der Waals surface area (Å²) in [6, 6.07) is 15.3. The molecule has 0 spiro atoms. The standard InChI is InChI=1S/C19H19NO3/c1-14-6-2-5-9-17(14)19(22)23-13-18(21)20-11-10-15-7-3-4-8-16(15)12-20/h2-9H,10-13H2,1H3. The van der Waals surface area contributed by atoms with Crippen LogP contribution in [0.4, 0.5) is 0 Å². The quantitative estimate of drug-likeness (QED) is 0.819. The fourth-order valence-corrected chi connectivity index (χ4v) is 2.81. The normalized spacial score (nSPS) is 13.3. The maximum atomic E-state index is 12.3. The van der Waals surface area contributed by atoms with E-state index in [4.69, 9.17) is 4.74 Å². The molecule has 3 rings (SSSR count). The summed E-state index contributed by atoms with van der Waals surface area (Å²) in [6.45, 7) is 2.88. The van der Waals surface area contributed by atoms with Crippen LogP contribution in [0, 0.1) is 6.92 Å². The minimum atomic E-state index is -0.450. The molecule has 118 valence electrons. The molecule has 0 aliphatic carbocycles. The van der Waals surface area contributed by atoms with E-state index in [0.29, 0.717) is 18.7 Å². The Hall–Kier alpha value is -2.62. The number of nitrogens with zero attached hydrogens (tertiary/aromatic N) is 1. The Morgan fingerprint density at radius 3 is 2.52 bits per heavy atom. The highest BCUT2D eigenvalue weighted by Crippen LogP contribution is 2.18. The van der Waals surface area contributed by atoms with E-state index in [1.54, 1.807) is 17.0 Å². The third kappa shape index (κ3) is 3.42. The first-order chi connectivity index (χ1) is 11.1. The third-order valence-corrected chi connectivity index (χ3v) is 4.18. The minimum absolute atomic E-state index is 0.151. The van der Waals surface area contributed by atoms with Crippen molar-refractivity contribution in [1.82, 2.24) is 4.90 Å². The zero-order valence-electron chi connectivity index (χ0n) is 13.1. The number of carbonyl (C=O) groups excluding carboxylic acids is 2. The van der Waals surface area contributed by atoms with E-state index in [0.717, 1.165) is 17.5 Å². The molecule has 0 radical (unpaired) electrons. The maximum Gasteiger partial charge on any atom is 0.338 e. The summed E-state index contributed by atoms with van der Waals surface area (Å²) in [5.41, 5.74) is 3.80. The van der Waals surface area contributed by atoms with Crippen LogP contribution >= 0.6 is 0 Å². The van der Waals surface area contributed by atoms with Crippen LogP contribution in [0.15, 0.2) is 48.5 Å². The number of aryl methyl sites for hydroxylation is 1. The monoisotopic (exact) mass is 309 g/mol. The van der Waals surface area contributed by atoms with Gasteiger partial charge in [0.15, 0.2) is 6.61 Å². The molecule has 1 aliphatic rings. The van der Waals surface area contributed by atoms with E-state index in [1.807, 2.05) is 37.3 Å². The Bertz CT molecular complexity index is 739. The second-order valence-corrected chi connectivity index (χ2v) is 5.73. The Balaban J connectivity index is 1.58. The van der Waals surface area contributed by atoms with Crippen LogP contribution in [0.25, 0.3) is 0 Å². The van der Waals surface area contributed by atoms with Crippen LogP contribution in [0.2, 0.25) is 0 Å². The van der Waals surface area contributed by atoms with Crippen molar-refractivity contribution in [3.05, 3.63) is 70.8 Å². The molecule has 0 aromatic heterocycles. The first-order valence-corrected chi connectivity index (χ1v) is 7.72. The van der Waals surface area contributed by atoms with Crippen LogP contribution in [0.1, 0.15) is 27.0 Å². The molecule has 1 aliphatic heterocycles. The van der Waals surface area contributed by atoms with E-state index in [1.165, 1.54) is 5.56 Å². The molecule has 4 nitrogen and oxygen atoms in total. The molecule has 0 unspecified atom stereocenters. The van der Waals surface area contributed by atoms with Gasteiger partial charge < -0.3 is 9.64 Å². The van der Waals surface area contributed by atoms with E-state index in [2.05, 4.69) is 6.07 Å². The molecule has 0 saturated heterocycles. The van der Waals surface area contributed by atoms with Crippen LogP contribution in [0.3, 0.4) is 0 Å². The molecule has 1 heterocycles. The summed E-state index contributed by atoms with van der Waals surface area (Å²) >= 11 is 0. The molecule has 1 amide bonds. The molecule has 0 N–H and O–H groups in total. The first-order valence-electron chi connectivity index (χ1n) is 7.72. The van der Waals surface area contributed by atoms with E-state index >= 15 is 0 Å². The second-order valence-electron chi connectivity index (χ2n) is 5.73. The van der Waals surface area contributed by atoms with Crippen LogP contribution in [-0.2, 0) is 22.5 Å². The maximum absolute atomic E-state index is 12.3. The highest BCUT2D eigenvalue weighted by molar-refractivity contribution is 5.92. The van der Waals surface area contributed by atoms with Gasteiger partial charge in [0.2, 0.25) is 0 Å². The summed E-state index contributed by atoms with van der Waals surface area (Å²) < 4.78 is 5.18. The lowest BCUT2D eigenvalue weighted by molar-refractivity contribution is -0.135. The fraction of sp³-hybridized carbons (Fsp3) is 0.263. The zero-order valence-corrected chi connectivity index (χ0v) is 13.1. The number of hydrogen-bond donors (Lipinski definition) is 0. The van der Waals surface area contributed by atoms with Gasteiger partial charge in [0.25, 0.3) is 5.91 Å². The molecule has 0 fully saturated rings. The van der Waals surface area contributed by atoms with Crippen LogP contribution < -0.4 is 0 Å². The van der Waals surface area contributed by atoms with E-state index < -0.39 is 5.97 Å². The van der Waals surface area contributed by atoms with E-state index in [-0.39, 0.29) is 12.5 Å². The fourth-order valence-electron chi connectivity index (χ4n) is 2.81. The number of esters is 1. The van der Waals surface area contributed by atoms with Crippen molar-refractivity contribution in [2.24, 2.45) is 0 Å². The van der Waals surface area contributed by atoms with Gasteiger partial charge in [0.05, 0.1) is 5.56 Å². The van der Waals surface area contributed by atoms with Crippen molar-refractivity contribution in [2.75, 3.05) is 13.2 Å². The Kier molecular flexibility index (Phi) is 4.42. The molecule has 0 atom stereocenters. The molecular weight excluding hydrogens is 290 g/mol. The van der Waals surface area contributed by atoms with Crippen LogP contribution in [-0.4, -0.2) is 29.9 Å². The van der Waals surface area contributed by atoms with Crippen LogP contribution in [0.5, 0.6) is 0 Å². The highest BCUT2D eigenvalue weighted by Gasteiger charge is 2.21. The average Bonchev–Trinajstić information content (AvgIpc) is 2.59. The Morgan fingerprint density at radius 2 is 1.74 bits per heavy atom. The van der Waals surface area contributed by atoms with Gasteiger partial charge in [-0.25, -0.2) is 4.79 Å². The average molecular weight is 309 g/mol. The van der Waals surface area contributed by atoms with Gasteiger partial charge in [0.1, 0.15) is 0 Å². The molecular formula is C19H19NO3. The third-order valence-electron chi connectivity index (χ3n) is 4.18. The lowest BCUT2D eigenvalue weighted by atomic mass is 10.00. The summed E-state index contributed by atoms with van der Waals surface area (Å²) in [4.78, 5) is 26.1. The number of rotatable bonds is 3. The van der Waals surface area contributed by atoms with Crippen molar-refractivity contribution in [2.45, 2.75) is 19.9 Å². The number of fused-ring (bicyclic) bond motifs is 1. The highest BCUT2D eigenvalue weighted by atomic mass is 16.5. The first kappa shape index (κ1) is 15.3. The predicted molar refractivity (Wildman–Crippen MR) is 87.0 cm³/mol. The number of amides is 1. The number of hydrogen-bond acceptors (Lipinski definition) is 3. The van der Waals surface area contributed by atoms with Gasteiger partial charge in [-0.15, -0.1) is 0 Å². The summed E-state index contributed by atoms with van der Waals surface area (Å²) in [5, 5.41) is 0. The van der Waals surface area contributed by atoms with Crippen molar-refractivity contribution in [3.8, 4) is 0 Å². The van der Waals surface area contributed by atoms with Gasteiger partial charge in [-0.1, -0.05) is 42.5 Å².